The molecule has 1 amide bonds. The normalized spacial score (nSPS) is 11.9. The fourth-order valence-corrected chi connectivity index (χ4v) is 2.01. The van der Waals surface area contributed by atoms with Crippen LogP contribution in [-0.4, -0.2) is 22.2 Å². The smallest absolute Gasteiger partial charge is 0.271 e. The first kappa shape index (κ1) is 15.1. The van der Waals surface area contributed by atoms with E-state index in [0.717, 1.165) is 6.42 Å². The van der Waals surface area contributed by atoms with Crippen molar-refractivity contribution >= 4 is 43.5 Å². The summed E-state index contributed by atoms with van der Waals surface area (Å²) in [5, 5.41) is 13.4. The Hall–Kier alpha value is -0.950. The fraction of sp³-hybridized carbons (Fsp3) is 0.364. The summed E-state index contributed by atoms with van der Waals surface area (Å²) in [7, 11) is 0. The van der Waals surface area contributed by atoms with Gasteiger partial charge >= 0.3 is 0 Å². The molecule has 18 heavy (non-hydrogen) atoms. The zero-order chi connectivity index (χ0) is 13.7. The minimum atomic E-state index is -0.526. The molecule has 0 aliphatic rings. The number of nitrogens with zero attached hydrogens (tertiary/aromatic N) is 1. The maximum Gasteiger partial charge on any atom is 0.271 e. The molecule has 1 aromatic carbocycles. The molecule has 5 nitrogen and oxygen atoms in total. The zero-order valence-electron chi connectivity index (χ0n) is 9.65. The fourth-order valence-electron chi connectivity index (χ4n) is 1.30. The first-order chi connectivity index (χ1) is 8.40. The van der Waals surface area contributed by atoms with Crippen molar-refractivity contribution < 1.29 is 9.72 Å². The highest BCUT2D eigenvalue weighted by atomic mass is 79.9. The first-order valence-corrected chi connectivity index (χ1v) is 6.98. The van der Waals surface area contributed by atoms with Crippen molar-refractivity contribution in [2.24, 2.45) is 0 Å². The second-order valence-electron chi connectivity index (χ2n) is 3.78. The van der Waals surface area contributed by atoms with Gasteiger partial charge in [0, 0.05) is 33.5 Å². The van der Waals surface area contributed by atoms with Gasteiger partial charge in [0.25, 0.3) is 11.6 Å². The van der Waals surface area contributed by atoms with Crippen LogP contribution in [-0.2, 0) is 0 Å². The highest BCUT2D eigenvalue weighted by molar-refractivity contribution is 9.10. The largest absolute Gasteiger partial charge is 0.352 e. The maximum atomic E-state index is 11.8. The minimum absolute atomic E-state index is 0.108. The van der Waals surface area contributed by atoms with Crippen molar-refractivity contribution in [2.45, 2.75) is 18.2 Å². The molecule has 98 valence electrons. The Morgan fingerprint density at radius 2 is 2.17 bits per heavy atom. The van der Waals surface area contributed by atoms with Crippen LogP contribution in [0.2, 0.25) is 0 Å². The van der Waals surface area contributed by atoms with Gasteiger partial charge in [-0.15, -0.1) is 0 Å². The molecule has 1 atom stereocenters. The van der Waals surface area contributed by atoms with Gasteiger partial charge in [-0.2, -0.15) is 0 Å². The number of rotatable bonds is 5. The Morgan fingerprint density at radius 3 is 2.72 bits per heavy atom. The number of nitro groups is 1. The lowest BCUT2D eigenvalue weighted by Crippen LogP contribution is -2.25. The molecule has 1 aromatic rings. The second kappa shape index (κ2) is 6.84. The van der Waals surface area contributed by atoms with Crippen LogP contribution in [0.5, 0.6) is 0 Å². The molecule has 0 fully saturated rings. The summed E-state index contributed by atoms with van der Waals surface area (Å²) in [6.07, 6.45) is 0.793. The van der Waals surface area contributed by atoms with Crippen LogP contribution < -0.4 is 5.32 Å². The first-order valence-electron chi connectivity index (χ1n) is 5.27. The van der Waals surface area contributed by atoms with Gasteiger partial charge in [0.1, 0.15) is 0 Å². The van der Waals surface area contributed by atoms with E-state index in [4.69, 9.17) is 0 Å². The Bertz CT molecular complexity index is 464. The molecule has 0 heterocycles. The van der Waals surface area contributed by atoms with Crippen molar-refractivity contribution in [1.82, 2.24) is 5.32 Å². The molecule has 1 N–H and O–H groups in total. The third-order valence-electron chi connectivity index (χ3n) is 2.18. The van der Waals surface area contributed by atoms with E-state index in [9.17, 15) is 14.9 Å². The van der Waals surface area contributed by atoms with Gasteiger partial charge in [0.05, 0.1) is 4.92 Å². The molecule has 0 bridgehead atoms. The molecule has 7 heteroatoms. The van der Waals surface area contributed by atoms with E-state index in [1.807, 2.05) is 6.92 Å². The van der Waals surface area contributed by atoms with Gasteiger partial charge in [-0.1, -0.05) is 38.8 Å². The van der Waals surface area contributed by atoms with Gasteiger partial charge in [-0.3, -0.25) is 14.9 Å². The molecular formula is C11H12Br2N2O3. The quantitative estimate of drug-likeness (QED) is 0.484. The summed E-state index contributed by atoms with van der Waals surface area (Å²) in [4.78, 5) is 22.3. The minimum Gasteiger partial charge on any atom is -0.352 e. The number of alkyl halides is 1. The van der Waals surface area contributed by atoms with Crippen LogP contribution in [0.1, 0.15) is 23.7 Å². The van der Waals surface area contributed by atoms with Crippen LogP contribution in [0.3, 0.4) is 0 Å². The average Bonchev–Trinajstić information content (AvgIpc) is 2.27. The van der Waals surface area contributed by atoms with Crippen molar-refractivity contribution in [3.63, 3.8) is 0 Å². The van der Waals surface area contributed by atoms with E-state index in [0.29, 0.717) is 15.8 Å². The molecule has 1 unspecified atom stereocenters. The van der Waals surface area contributed by atoms with E-state index in [1.165, 1.54) is 12.1 Å². The van der Waals surface area contributed by atoms with E-state index < -0.39 is 4.92 Å². The van der Waals surface area contributed by atoms with E-state index in [2.05, 4.69) is 37.2 Å². The number of carbonyl (C=O) groups is 1. The number of hydrogen-bond donors (Lipinski definition) is 1. The number of amides is 1. The number of nitro benzene ring substituents is 1. The molecule has 1 rings (SSSR count). The van der Waals surface area contributed by atoms with Crippen LogP contribution in [0.25, 0.3) is 0 Å². The SMILES string of the molecule is CC(Br)CCNC(=O)c1cc(Br)cc([N+](=O)[O-])c1. The Kier molecular flexibility index (Phi) is 5.74. The van der Waals surface area contributed by atoms with Gasteiger partial charge in [-0.05, 0) is 12.5 Å². The number of carbonyl (C=O) groups excluding carboxylic acids is 1. The summed E-state index contributed by atoms with van der Waals surface area (Å²) < 4.78 is 0.510. The Balaban J connectivity index is 2.76. The summed E-state index contributed by atoms with van der Waals surface area (Å²) in [6, 6.07) is 4.18. The van der Waals surface area contributed by atoms with Gasteiger partial charge in [-0.25, -0.2) is 0 Å². The lowest BCUT2D eigenvalue weighted by atomic mass is 10.2. The highest BCUT2D eigenvalue weighted by Gasteiger charge is 2.13. The van der Waals surface area contributed by atoms with Gasteiger partial charge in [0.2, 0.25) is 0 Å². The molecule has 0 aromatic heterocycles. The standard InChI is InChI=1S/C11H12Br2N2O3/c1-7(12)2-3-14-11(16)8-4-9(13)6-10(5-8)15(17)18/h4-7H,2-3H2,1H3,(H,14,16). The van der Waals surface area contributed by atoms with Crippen LogP contribution in [0, 0.1) is 10.1 Å². The molecule has 0 radical (unpaired) electrons. The number of benzene rings is 1. The topological polar surface area (TPSA) is 72.2 Å². The molecule has 0 saturated carbocycles. The zero-order valence-corrected chi connectivity index (χ0v) is 12.8. The monoisotopic (exact) mass is 378 g/mol. The van der Waals surface area contributed by atoms with Crippen molar-refractivity contribution in [2.75, 3.05) is 6.54 Å². The lowest BCUT2D eigenvalue weighted by Gasteiger charge is -2.06. The number of nitrogens with one attached hydrogen (secondary N) is 1. The predicted octanol–water partition coefficient (Wildman–Crippen LogP) is 3.26. The maximum absolute atomic E-state index is 11.8. The van der Waals surface area contributed by atoms with Crippen LogP contribution in [0.4, 0.5) is 5.69 Å². The third-order valence-corrected chi connectivity index (χ3v) is 3.10. The summed E-state index contributed by atoms with van der Waals surface area (Å²) in [5.74, 6) is -0.312. The van der Waals surface area contributed by atoms with Crippen molar-refractivity contribution in [3.05, 3.63) is 38.3 Å². The van der Waals surface area contributed by atoms with Crippen LogP contribution in [0.15, 0.2) is 22.7 Å². The molecule has 0 aliphatic heterocycles. The Morgan fingerprint density at radius 1 is 1.50 bits per heavy atom. The predicted molar refractivity (Wildman–Crippen MR) is 76.1 cm³/mol. The van der Waals surface area contributed by atoms with E-state index in [1.54, 1.807) is 6.07 Å². The number of non-ortho nitro benzene ring substituents is 1. The second-order valence-corrected chi connectivity index (χ2v) is 6.26. The van der Waals surface area contributed by atoms with Crippen LogP contribution >= 0.6 is 31.9 Å². The van der Waals surface area contributed by atoms with Crippen molar-refractivity contribution in [3.8, 4) is 0 Å². The molecule has 0 saturated heterocycles. The number of halogens is 2. The summed E-state index contributed by atoms with van der Waals surface area (Å²) in [6.45, 7) is 2.50. The molecule has 0 aliphatic carbocycles. The molecular weight excluding hydrogens is 368 g/mol. The van der Waals surface area contributed by atoms with E-state index >= 15 is 0 Å². The number of hydrogen-bond acceptors (Lipinski definition) is 3. The average molecular weight is 380 g/mol. The van der Waals surface area contributed by atoms with Crippen molar-refractivity contribution in [1.29, 1.82) is 0 Å². The highest BCUT2D eigenvalue weighted by Crippen LogP contribution is 2.21. The summed E-state index contributed by atoms with van der Waals surface area (Å²) in [5.41, 5.74) is 0.168. The van der Waals surface area contributed by atoms with Gasteiger partial charge < -0.3 is 5.32 Å². The Labute approximate surface area is 121 Å². The van der Waals surface area contributed by atoms with Gasteiger partial charge in [0.15, 0.2) is 0 Å². The molecule has 0 spiro atoms. The van der Waals surface area contributed by atoms with E-state index in [-0.39, 0.29) is 17.2 Å². The third kappa shape index (κ3) is 4.73. The summed E-state index contributed by atoms with van der Waals surface area (Å²) >= 11 is 6.52. The lowest BCUT2D eigenvalue weighted by molar-refractivity contribution is -0.385.